The zero-order valence-electron chi connectivity index (χ0n) is 13.4. The number of aliphatic hydroxyl groups excluding tert-OH is 1. The maximum absolute atomic E-state index is 11.8. The lowest BCUT2D eigenvalue weighted by Crippen LogP contribution is -2.22. The number of nitrogens with one attached hydrogen (secondary N) is 1. The summed E-state index contributed by atoms with van der Waals surface area (Å²) in [5.74, 6) is 0.309. The fraction of sp³-hybridized carbons (Fsp3) is 0.353. The fourth-order valence-corrected chi connectivity index (χ4v) is 3.22. The van der Waals surface area contributed by atoms with E-state index in [-0.39, 0.29) is 17.4 Å². The van der Waals surface area contributed by atoms with Crippen LogP contribution in [0.4, 0.5) is 5.82 Å². The van der Waals surface area contributed by atoms with E-state index in [1.54, 1.807) is 12.3 Å². The van der Waals surface area contributed by atoms with E-state index in [9.17, 15) is 13.5 Å². The molecule has 2 N–H and O–H groups in total. The largest absolute Gasteiger partial charge is 0.396 e. The average Bonchev–Trinajstić information content (AvgIpc) is 2.52. The summed E-state index contributed by atoms with van der Waals surface area (Å²) in [6.07, 6.45) is 3.43. The first kappa shape index (κ1) is 17.4. The van der Waals surface area contributed by atoms with Gasteiger partial charge in [0, 0.05) is 31.5 Å². The minimum Gasteiger partial charge on any atom is -0.396 e. The molecule has 0 aliphatic carbocycles. The minimum absolute atomic E-state index is 0.0162. The van der Waals surface area contributed by atoms with Crippen molar-refractivity contribution in [2.24, 2.45) is 5.92 Å². The molecule has 5 nitrogen and oxygen atoms in total. The van der Waals surface area contributed by atoms with Crippen molar-refractivity contribution in [3.05, 3.63) is 53.7 Å². The van der Waals surface area contributed by atoms with Crippen molar-refractivity contribution in [1.82, 2.24) is 4.98 Å². The highest BCUT2D eigenvalue weighted by Crippen LogP contribution is 2.19. The van der Waals surface area contributed by atoms with Gasteiger partial charge >= 0.3 is 0 Å². The molecule has 1 atom stereocenters. The zero-order chi connectivity index (χ0) is 16.9. The summed E-state index contributed by atoms with van der Waals surface area (Å²) in [6, 6.07) is 11.2. The molecule has 1 aromatic heterocycles. The smallest absolute Gasteiger partial charge is 0.179 e. The third-order valence-corrected chi connectivity index (χ3v) is 4.88. The van der Waals surface area contributed by atoms with Crippen LogP contribution in [0.25, 0.3) is 0 Å². The molecule has 0 saturated carbocycles. The maximum atomic E-state index is 11.8. The monoisotopic (exact) mass is 334 g/mol. The molecule has 2 aromatic rings. The van der Waals surface area contributed by atoms with E-state index in [0.717, 1.165) is 12.7 Å². The van der Waals surface area contributed by atoms with Gasteiger partial charge in [-0.1, -0.05) is 24.3 Å². The molecule has 0 fully saturated rings. The molecule has 124 valence electrons. The van der Waals surface area contributed by atoms with Crippen molar-refractivity contribution >= 4 is 15.7 Å². The number of aliphatic hydroxyl groups is 1. The summed E-state index contributed by atoms with van der Waals surface area (Å²) in [4.78, 5) is 4.28. The van der Waals surface area contributed by atoms with Crippen LogP contribution in [-0.2, 0) is 16.3 Å². The summed E-state index contributed by atoms with van der Waals surface area (Å²) in [5.41, 5.74) is 2.36. The number of nitrogens with zero attached hydrogens (tertiary/aromatic N) is 1. The first-order valence-electron chi connectivity index (χ1n) is 7.46. The van der Waals surface area contributed by atoms with Gasteiger partial charge in [0.05, 0.1) is 0 Å². The molecule has 1 aromatic carbocycles. The van der Waals surface area contributed by atoms with Gasteiger partial charge in [-0.2, -0.15) is 0 Å². The van der Waals surface area contributed by atoms with E-state index >= 15 is 0 Å². The number of benzene rings is 1. The number of hydrogen-bond acceptors (Lipinski definition) is 5. The van der Waals surface area contributed by atoms with Gasteiger partial charge < -0.3 is 10.4 Å². The molecule has 0 saturated heterocycles. The Morgan fingerprint density at radius 2 is 1.96 bits per heavy atom. The number of rotatable bonds is 7. The first-order chi connectivity index (χ1) is 10.9. The Labute approximate surface area is 137 Å². The van der Waals surface area contributed by atoms with Gasteiger partial charge in [-0.3, -0.25) is 0 Å². The topological polar surface area (TPSA) is 79.3 Å². The van der Waals surface area contributed by atoms with Crippen LogP contribution >= 0.6 is 0 Å². The van der Waals surface area contributed by atoms with Crippen molar-refractivity contribution < 1.29 is 13.5 Å². The number of sulfone groups is 1. The van der Waals surface area contributed by atoms with E-state index in [0.29, 0.717) is 12.4 Å². The Morgan fingerprint density at radius 3 is 2.61 bits per heavy atom. The van der Waals surface area contributed by atoms with E-state index in [1.807, 2.05) is 31.2 Å². The second-order valence-electron chi connectivity index (χ2n) is 5.68. The predicted molar refractivity (Wildman–Crippen MR) is 91.3 cm³/mol. The SMILES string of the molecule is Cc1ccccc1CC(CO)CNc1ncccc1S(C)(=O)=O. The van der Waals surface area contributed by atoms with Gasteiger partial charge in [0.15, 0.2) is 9.84 Å². The molecule has 0 aliphatic heterocycles. The molecule has 1 unspecified atom stereocenters. The predicted octanol–water partition coefficient (Wildman–Crippen LogP) is 2.06. The summed E-state index contributed by atoms with van der Waals surface area (Å²) in [7, 11) is -3.34. The van der Waals surface area contributed by atoms with Crippen molar-refractivity contribution in [3.63, 3.8) is 0 Å². The van der Waals surface area contributed by atoms with Crippen LogP contribution in [0.1, 0.15) is 11.1 Å². The molecular weight excluding hydrogens is 312 g/mol. The zero-order valence-corrected chi connectivity index (χ0v) is 14.2. The van der Waals surface area contributed by atoms with Crippen LogP contribution in [0.15, 0.2) is 47.5 Å². The summed E-state index contributed by atoms with van der Waals surface area (Å²) >= 11 is 0. The first-order valence-corrected chi connectivity index (χ1v) is 9.35. The second-order valence-corrected chi connectivity index (χ2v) is 7.67. The Balaban J connectivity index is 2.09. The number of aryl methyl sites for hydroxylation is 1. The van der Waals surface area contributed by atoms with Crippen molar-refractivity contribution in [2.75, 3.05) is 24.7 Å². The molecule has 6 heteroatoms. The Morgan fingerprint density at radius 1 is 1.22 bits per heavy atom. The van der Waals surface area contributed by atoms with E-state index in [4.69, 9.17) is 0 Å². The lowest BCUT2D eigenvalue weighted by Gasteiger charge is -2.17. The van der Waals surface area contributed by atoms with Gasteiger partial charge in [-0.25, -0.2) is 13.4 Å². The minimum atomic E-state index is -3.34. The average molecular weight is 334 g/mol. The third kappa shape index (κ3) is 4.77. The lowest BCUT2D eigenvalue weighted by atomic mass is 9.96. The van der Waals surface area contributed by atoms with Crippen molar-refractivity contribution in [3.8, 4) is 0 Å². The van der Waals surface area contributed by atoms with E-state index in [1.165, 1.54) is 17.2 Å². The Kier molecular flexibility index (Phi) is 5.74. The van der Waals surface area contributed by atoms with Gasteiger partial charge in [-0.05, 0) is 36.6 Å². The van der Waals surface area contributed by atoms with Crippen molar-refractivity contribution in [1.29, 1.82) is 0 Å². The standard InChI is InChI=1S/C17H22N2O3S/c1-13-6-3-4-7-15(13)10-14(12-20)11-19-17-16(23(2,21)22)8-5-9-18-17/h3-9,14,20H,10-12H2,1-2H3,(H,18,19). The number of pyridine rings is 1. The van der Waals surface area contributed by atoms with Crippen LogP contribution in [0.5, 0.6) is 0 Å². The molecule has 23 heavy (non-hydrogen) atoms. The molecule has 1 heterocycles. The molecule has 2 rings (SSSR count). The summed E-state index contributed by atoms with van der Waals surface area (Å²) < 4.78 is 23.5. The van der Waals surface area contributed by atoms with E-state index < -0.39 is 9.84 Å². The quantitative estimate of drug-likeness (QED) is 0.810. The second kappa shape index (κ2) is 7.57. The van der Waals surface area contributed by atoms with Crippen LogP contribution in [-0.4, -0.2) is 37.9 Å². The number of hydrogen-bond donors (Lipinski definition) is 2. The van der Waals surface area contributed by atoms with Gasteiger partial charge in [0.2, 0.25) is 0 Å². The molecule has 0 radical (unpaired) electrons. The number of anilines is 1. The van der Waals surface area contributed by atoms with Crippen LogP contribution in [0.3, 0.4) is 0 Å². The molecular formula is C17H22N2O3S. The molecule has 0 aliphatic rings. The maximum Gasteiger partial charge on any atom is 0.179 e. The highest BCUT2D eigenvalue weighted by Gasteiger charge is 2.16. The molecule has 0 spiro atoms. The Hall–Kier alpha value is -1.92. The fourth-order valence-electron chi connectivity index (χ4n) is 2.41. The van der Waals surface area contributed by atoms with Gasteiger partial charge in [-0.15, -0.1) is 0 Å². The summed E-state index contributed by atoms with van der Waals surface area (Å²) in [6.45, 7) is 2.50. The summed E-state index contributed by atoms with van der Waals surface area (Å²) in [5, 5.41) is 12.7. The van der Waals surface area contributed by atoms with E-state index in [2.05, 4.69) is 10.3 Å². The molecule has 0 bridgehead atoms. The van der Waals surface area contributed by atoms with Gasteiger partial charge in [0.1, 0.15) is 10.7 Å². The highest BCUT2D eigenvalue weighted by atomic mass is 32.2. The van der Waals surface area contributed by atoms with Crippen LogP contribution in [0.2, 0.25) is 0 Å². The van der Waals surface area contributed by atoms with Crippen LogP contribution < -0.4 is 5.32 Å². The third-order valence-electron chi connectivity index (χ3n) is 3.76. The van der Waals surface area contributed by atoms with Crippen molar-refractivity contribution in [2.45, 2.75) is 18.2 Å². The normalized spacial score (nSPS) is 12.8. The van der Waals surface area contributed by atoms with Crippen LogP contribution in [0, 0.1) is 12.8 Å². The van der Waals surface area contributed by atoms with Gasteiger partial charge in [0.25, 0.3) is 0 Å². The number of aromatic nitrogens is 1. The Bertz CT molecular complexity index is 760. The highest BCUT2D eigenvalue weighted by molar-refractivity contribution is 7.90. The lowest BCUT2D eigenvalue weighted by molar-refractivity contribution is 0.232. The molecule has 0 amide bonds.